The molecule has 0 saturated heterocycles. The lowest BCUT2D eigenvalue weighted by atomic mass is 10.1. The number of hydrogen-bond acceptors (Lipinski definition) is 4. The molecular weight excluding hydrogens is 380 g/mol. The topological polar surface area (TPSA) is 67.9 Å². The predicted octanol–water partition coefficient (Wildman–Crippen LogP) is 3.72. The number of carbonyl (C=O) groups is 2. The minimum Gasteiger partial charge on any atom is -0.497 e. The van der Waals surface area contributed by atoms with Crippen molar-refractivity contribution in [3.63, 3.8) is 0 Å². The number of nitrogens with one attached hydrogen (secondary N) is 1. The normalized spacial score (nSPS) is 11.5. The van der Waals surface area contributed by atoms with Crippen LogP contribution in [0.3, 0.4) is 0 Å². The number of nitrogens with zero attached hydrogens (tertiary/aromatic N) is 1. The molecule has 1 atom stereocenters. The van der Waals surface area contributed by atoms with Crippen LogP contribution in [0.15, 0.2) is 48.5 Å². The summed E-state index contributed by atoms with van der Waals surface area (Å²) in [5.41, 5.74) is 2.03. The summed E-state index contributed by atoms with van der Waals surface area (Å²) in [6, 6.07) is 14.4. The first-order chi connectivity index (χ1) is 14.4. The van der Waals surface area contributed by atoms with Crippen LogP contribution in [0.1, 0.15) is 37.8 Å². The Kier molecular flexibility index (Phi) is 9.19. The first-order valence-corrected chi connectivity index (χ1v) is 10.3. The first-order valence-electron chi connectivity index (χ1n) is 10.3. The van der Waals surface area contributed by atoms with Crippen LogP contribution in [0, 0.1) is 6.92 Å². The van der Waals surface area contributed by atoms with Crippen molar-refractivity contribution in [3.8, 4) is 11.5 Å². The maximum absolute atomic E-state index is 13.0. The lowest BCUT2D eigenvalue weighted by Gasteiger charge is -2.28. The second-order valence-electron chi connectivity index (χ2n) is 7.29. The molecule has 2 rings (SSSR count). The van der Waals surface area contributed by atoms with Gasteiger partial charge in [0.05, 0.1) is 7.11 Å². The van der Waals surface area contributed by atoms with Gasteiger partial charge in [0.2, 0.25) is 5.91 Å². The van der Waals surface area contributed by atoms with Crippen molar-refractivity contribution in [2.24, 2.45) is 0 Å². The SMILES string of the molecule is CCCCNC(=O)[C@@H](C)N(Cc1ccc(OC)cc1)C(=O)COc1ccc(C)cc1. The largest absolute Gasteiger partial charge is 0.497 e. The van der Waals surface area contributed by atoms with Crippen LogP contribution in [0.4, 0.5) is 0 Å². The van der Waals surface area contributed by atoms with Crippen LogP contribution in [0.2, 0.25) is 0 Å². The monoisotopic (exact) mass is 412 g/mol. The number of ether oxygens (including phenoxy) is 2. The molecule has 0 heterocycles. The van der Waals surface area contributed by atoms with Gasteiger partial charge in [-0.05, 0) is 50.1 Å². The van der Waals surface area contributed by atoms with Crippen molar-refractivity contribution < 1.29 is 19.1 Å². The molecule has 0 aliphatic carbocycles. The maximum atomic E-state index is 13.0. The summed E-state index contributed by atoms with van der Waals surface area (Å²) < 4.78 is 10.9. The van der Waals surface area contributed by atoms with Gasteiger partial charge in [-0.3, -0.25) is 9.59 Å². The third-order valence-corrected chi connectivity index (χ3v) is 4.89. The summed E-state index contributed by atoms with van der Waals surface area (Å²) in [6.07, 6.45) is 1.90. The van der Waals surface area contributed by atoms with Crippen molar-refractivity contribution in [2.75, 3.05) is 20.3 Å². The Morgan fingerprint density at radius 2 is 1.67 bits per heavy atom. The van der Waals surface area contributed by atoms with Crippen LogP contribution in [0.5, 0.6) is 11.5 Å². The van der Waals surface area contributed by atoms with Gasteiger partial charge in [-0.1, -0.05) is 43.2 Å². The second-order valence-corrected chi connectivity index (χ2v) is 7.29. The molecule has 2 aromatic carbocycles. The highest BCUT2D eigenvalue weighted by atomic mass is 16.5. The quantitative estimate of drug-likeness (QED) is 0.571. The molecule has 0 saturated carbocycles. The van der Waals surface area contributed by atoms with E-state index in [1.165, 1.54) is 0 Å². The molecule has 0 aliphatic heterocycles. The number of aryl methyl sites for hydroxylation is 1. The van der Waals surface area contributed by atoms with E-state index in [1.54, 1.807) is 18.9 Å². The minimum absolute atomic E-state index is 0.133. The number of benzene rings is 2. The van der Waals surface area contributed by atoms with Gasteiger partial charge < -0.3 is 19.7 Å². The summed E-state index contributed by atoms with van der Waals surface area (Å²) in [7, 11) is 1.61. The van der Waals surface area contributed by atoms with Crippen LogP contribution in [-0.4, -0.2) is 43.0 Å². The van der Waals surface area contributed by atoms with Crippen LogP contribution < -0.4 is 14.8 Å². The summed E-state index contributed by atoms with van der Waals surface area (Å²) in [5.74, 6) is 0.952. The Morgan fingerprint density at radius 3 is 2.27 bits per heavy atom. The van der Waals surface area contributed by atoms with E-state index < -0.39 is 6.04 Å². The number of rotatable bonds is 11. The lowest BCUT2D eigenvalue weighted by molar-refractivity contribution is -0.142. The van der Waals surface area contributed by atoms with Crippen molar-refractivity contribution in [2.45, 2.75) is 46.2 Å². The molecule has 162 valence electrons. The molecule has 2 aromatic rings. The summed E-state index contributed by atoms with van der Waals surface area (Å²) in [6.45, 7) is 6.58. The first kappa shape index (κ1) is 23.3. The van der Waals surface area contributed by atoms with Crippen LogP contribution >= 0.6 is 0 Å². The molecule has 1 N–H and O–H groups in total. The zero-order valence-corrected chi connectivity index (χ0v) is 18.3. The Balaban J connectivity index is 2.10. The Morgan fingerprint density at radius 1 is 1.03 bits per heavy atom. The van der Waals surface area contributed by atoms with Gasteiger partial charge in [-0.25, -0.2) is 0 Å². The van der Waals surface area contributed by atoms with Gasteiger partial charge in [0.1, 0.15) is 17.5 Å². The third kappa shape index (κ3) is 7.10. The fourth-order valence-corrected chi connectivity index (χ4v) is 2.91. The highest BCUT2D eigenvalue weighted by molar-refractivity contribution is 5.87. The van der Waals surface area contributed by atoms with Gasteiger partial charge in [-0.15, -0.1) is 0 Å². The molecular formula is C24H32N2O4. The van der Waals surface area contributed by atoms with Gasteiger partial charge in [0, 0.05) is 13.1 Å². The smallest absolute Gasteiger partial charge is 0.261 e. The molecule has 0 bridgehead atoms. The Labute approximate surface area is 179 Å². The molecule has 30 heavy (non-hydrogen) atoms. The molecule has 0 aliphatic rings. The van der Waals surface area contributed by atoms with Crippen molar-refractivity contribution in [3.05, 3.63) is 59.7 Å². The fourth-order valence-electron chi connectivity index (χ4n) is 2.91. The average molecular weight is 413 g/mol. The second kappa shape index (κ2) is 11.9. The minimum atomic E-state index is -0.613. The van der Waals surface area contributed by atoms with E-state index >= 15 is 0 Å². The highest BCUT2D eigenvalue weighted by Gasteiger charge is 2.26. The standard InChI is InChI=1S/C24H32N2O4/c1-5-6-15-25-24(28)19(3)26(16-20-9-13-21(29-4)14-10-20)23(27)17-30-22-11-7-18(2)8-12-22/h7-14,19H,5-6,15-17H2,1-4H3,(H,25,28)/t19-/m1/s1. The highest BCUT2D eigenvalue weighted by Crippen LogP contribution is 2.16. The van der Waals surface area contributed by atoms with E-state index in [9.17, 15) is 9.59 Å². The van der Waals surface area contributed by atoms with E-state index in [4.69, 9.17) is 9.47 Å². The summed E-state index contributed by atoms with van der Waals surface area (Å²) in [5, 5.41) is 2.91. The number of hydrogen-bond donors (Lipinski definition) is 1. The number of carbonyl (C=O) groups excluding carboxylic acids is 2. The molecule has 6 heteroatoms. The zero-order chi connectivity index (χ0) is 21.9. The molecule has 0 radical (unpaired) electrons. The molecule has 6 nitrogen and oxygen atoms in total. The van der Waals surface area contributed by atoms with Gasteiger partial charge in [0.25, 0.3) is 5.91 Å². The van der Waals surface area contributed by atoms with Gasteiger partial charge >= 0.3 is 0 Å². The maximum Gasteiger partial charge on any atom is 0.261 e. The van der Waals surface area contributed by atoms with Gasteiger partial charge in [0.15, 0.2) is 6.61 Å². The number of unbranched alkanes of at least 4 members (excludes halogenated alkanes) is 1. The number of methoxy groups -OCH3 is 1. The van der Waals surface area contributed by atoms with Crippen LogP contribution in [0.25, 0.3) is 0 Å². The number of amides is 2. The summed E-state index contributed by atoms with van der Waals surface area (Å²) >= 11 is 0. The van der Waals surface area contributed by atoms with Crippen LogP contribution in [-0.2, 0) is 16.1 Å². The van der Waals surface area contributed by atoms with Crippen molar-refractivity contribution in [1.82, 2.24) is 10.2 Å². The van der Waals surface area contributed by atoms with E-state index in [0.29, 0.717) is 18.8 Å². The summed E-state index contributed by atoms with van der Waals surface area (Å²) in [4.78, 5) is 27.1. The molecule has 0 spiro atoms. The zero-order valence-electron chi connectivity index (χ0n) is 18.3. The Hall–Kier alpha value is -3.02. The van der Waals surface area contributed by atoms with E-state index in [2.05, 4.69) is 12.2 Å². The molecule has 2 amide bonds. The Bertz CT molecular complexity index is 803. The lowest BCUT2D eigenvalue weighted by Crippen LogP contribution is -2.49. The fraction of sp³-hybridized carbons (Fsp3) is 0.417. The van der Waals surface area contributed by atoms with Gasteiger partial charge in [-0.2, -0.15) is 0 Å². The average Bonchev–Trinajstić information content (AvgIpc) is 2.77. The molecule has 0 fully saturated rings. The van der Waals surface area contributed by atoms with E-state index in [-0.39, 0.29) is 18.4 Å². The van der Waals surface area contributed by atoms with Crippen molar-refractivity contribution >= 4 is 11.8 Å². The molecule has 0 unspecified atom stereocenters. The molecule has 0 aromatic heterocycles. The third-order valence-electron chi connectivity index (χ3n) is 4.89. The predicted molar refractivity (Wildman–Crippen MR) is 118 cm³/mol. The van der Waals surface area contributed by atoms with E-state index in [0.717, 1.165) is 29.7 Å². The van der Waals surface area contributed by atoms with Crippen molar-refractivity contribution in [1.29, 1.82) is 0 Å². The van der Waals surface area contributed by atoms with E-state index in [1.807, 2.05) is 55.5 Å².